The lowest BCUT2D eigenvalue weighted by molar-refractivity contribution is -0.385. The third-order valence-electron chi connectivity index (χ3n) is 2.70. The first-order chi connectivity index (χ1) is 9.51. The standard InChI is InChI=1S/C14H11BrFNO3/c1-9-2-4-12(17(18)19)14(6-9)20-13-5-3-11(16)7-10(13)8-15/h2-7H,8H2,1H3. The smallest absolute Gasteiger partial charge is 0.311 e. The molecule has 0 radical (unpaired) electrons. The summed E-state index contributed by atoms with van der Waals surface area (Å²) in [5.41, 5.74) is 1.30. The number of hydrogen-bond acceptors (Lipinski definition) is 3. The van der Waals surface area contributed by atoms with Gasteiger partial charge in [0.05, 0.1) is 4.92 Å². The summed E-state index contributed by atoms with van der Waals surface area (Å²) in [5, 5.41) is 11.4. The van der Waals surface area contributed by atoms with E-state index >= 15 is 0 Å². The van der Waals surface area contributed by atoms with Gasteiger partial charge in [-0.25, -0.2) is 4.39 Å². The fourth-order valence-corrected chi connectivity index (χ4v) is 2.16. The zero-order valence-electron chi connectivity index (χ0n) is 10.6. The van der Waals surface area contributed by atoms with Gasteiger partial charge in [0.1, 0.15) is 11.6 Å². The summed E-state index contributed by atoms with van der Waals surface area (Å²) in [6.45, 7) is 1.81. The van der Waals surface area contributed by atoms with E-state index in [1.807, 2.05) is 6.92 Å². The summed E-state index contributed by atoms with van der Waals surface area (Å²) in [6.07, 6.45) is 0. The van der Waals surface area contributed by atoms with Crippen LogP contribution in [-0.4, -0.2) is 4.92 Å². The van der Waals surface area contributed by atoms with Gasteiger partial charge in [-0.05, 0) is 36.8 Å². The molecule has 0 aliphatic heterocycles. The highest BCUT2D eigenvalue weighted by atomic mass is 79.9. The van der Waals surface area contributed by atoms with Crippen LogP contribution < -0.4 is 4.74 Å². The van der Waals surface area contributed by atoms with Crippen LogP contribution in [0.3, 0.4) is 0 Å². The molecule has 0 saturated heterocycles. The average Bonchev–Trinajstić information content (AvgIpc) is 2.40. The van der Waals surface area contributed by atoms with Crippen LogP contribution in [0, 0.1) is 22.9 Å². The van der Waals surface area contributed by atoms with E-state index < -0.39 is 4.92 Å². The van der Waals surface area contributed by atoms with Crippen molar-refractivity contribution in [3.05, 3.63) is 63.5 Å². The Kier molecular flexibility index (Phi) is 4.34. The van der Waals surface area contributed by atoms with Crippen molar-refractivity contribution in [1.29, 1.82) is 0 Å². The first kappa shape index (κ1) is 14.5. The summed E-state index contributed by atoms with van der Waals surface area (Å²) < 4.78 is 18.8. The van der Waals surface area contributed by atoms with Crippen molar-refractivity contribution in [2.75, 3.05) is 0 Å². The Hall–Kier alpha value is -1.95. The van der Waals surface area contributed by atoms with Crippen LogP contribution in [0.4, 0.5) is 10.1 Å². The molecule has 0 spiro atoms. The molecular formula is C14H11BrFNO3. The van der Waals surface area contributed by atoms with E-state index in [0.717, 1.165) is 5.56 Å². The van der Waals surface area contributed by atoms with E-state index in [0.29, 0.717) is 16.6 Å². The molecule has 0 heterocycles. The van der Waals surface area contributed by atoms with Crippen molar-refractivity contribution in [2.45, 2.75) is 12.3 Å². The average molecular weight is 340 g/mol. The largest absolute Gasteiger partial charge is 0.450 e. The Labute approximate surface area is 123 Å². The first-order valence-corrected chi connectivity index (χ1v) is 6.90. The lowest BCUT2D eigenvalue weighted by Crippen LogP contribution is -1.96. The molecule has 2 aromatic carbocycles. The molecule has 104 valence electrons. The third-order valence-corrected chi connectivity index (χ3v) is 3.30. The molecule has 0 aliphatic carbocycles. The number of nitro benzene ring substituents is 1. The molecule has 0 aliphatic rings. The fraction of sp³-hybridized carbons (Fsp3) is 0.143. The van der Waals surface area contributed by atoms with Crippen molar-refractivity contribution in [2.24, 2.45) is 0 Å². The van der Waals surface area contributed by atoms with Crippen molar-refractivity contribution in [3.8, 4) is 11.5 Å². The van der Waals surface area contributed by atoms with Gasteiger partial charge in [-0.3, -0.25) is 10.1 Å². The van der Waals surface area contributed by atoms with Gasteiger partial charge in [0.2, 0.25) is 5.75 Å². The molecule has 0 atom stereocenters. The minimum absolute atomic E-state index is 0.125. The number of nitro groups is 1. The summed E-state index contributed by atoms with van der Waals surface area (Å²) in [5.74, 6) is 0.145. The Morgan fingerprint density at radius 1 is 1.25 bits per heavy atom. The van der Waals surface area contributed by atoms with Crippen LogP contribution in [0.25, 0.3) is 0 Å². The van der Waals surface area contributed by atoms with E-state index in [9.17, 15) is 14.5 Å². The Morgan fingerprint density at radius 2 is 2.00 bits per heavy atom. The van der Waals surface area contributed by atoms with E-state index in [-0.39, 0.29) is 17.3 Å². The highest BCUT2D eigenvalue weighted by Gasteiger charge is 2.17. The highest BCUT2D eigenvalue weighted by Crippen LogP contribution is 2.34. The molecule has 0 aromatic heterocycles. The molecule has 20 heavy (non-hydrogen) atoms. The topological polar surface area (TPSA) is 52.4 Å². The molecular weight excluding hydrogens is 329 g/mol. The maximum Gasteiger partial charge on any atom is 0.311 e. The SMILES string of the molecule is Cc1ccc([N+](=O)[O-])c(Oc2ccc(F)cc2CBr)c1. The van der Waals surface area contributed by atoms with Gasteiger partial charge < -0.3 is 4.74 Å². The summed E-state index contributed by atoms with van der Waals surface area (Å²) >= 11 is 3.24. The lowest BCUT2D eigenvalue weighted by Gasteiger charge is -2.10. The minimum Gasteiger partial charge on any atom is -0.450 e. The second kappa shape index (κ2) is 6.00. The van der Waals surface area contributed by atoms with Gasteiger partial charge in [-0.2, -0.15) is 0 Å². The number of benzene rings is 2. The summed E-state index contributed by atoms with van der Waals surface area (Å²) in [6, 6.07) is 8.65. The fourth-order valence-electron chi connectivity index (χ4n) is 1.72. The third kappa shape index (κ3) is 3.14. The van der Waals surface area contributed by atoms with Crippen LogP contribution in [0.15, 0.2) is 36.4 Å². The maximum absolute atomic E-state index is 13.2. The minimum atomic E-state index is -0.508. The van der Waals surface area contributed by atoms with Crippen molar-refractivity contribution < 1.29 is 14.1 Å². The summed E-state index contributed by atoms with van der Waals surface area (Å²) in [4.78, 5) is 10.5. The van der Waals surface area contributed by atoms with E-state index in [2.05, 4.69) is 15.9 Å². The van der Waals surface area contributed by atoms with Gasteiger partial charge in [-0.15, -0.1) is 0 Å². The normalized spacial score (nSPS) is 10.3. The second-order valence-corrected chi connectivity index (χ2v) is 4.78. The number of alkyl halides is 1. The predicted molar refractivity (Wildman–Crippen MR) is 76.9 cm³/mol. The van der Waals surface area contributed by atoms with Crippen LogP contribution in [0.2, 0.25) is 0 Å². The van der Waals surface area contributed by atoms with Crippen molar-refractivity contribution in [1.82, 2.24) is 0 Å². The maximum atomic E-state index is 13.2. The Bertz CT molecular complexity index is 661. The lowest BCUT2D eigenvalue weighted by atomic mass is 10.2. The Morgan fingerprint density at radius 3 is 2.65 bits per heavy atom. The quantitative estimate of drug-likeness (QED) is 0.459. The van der Waals surface area contributed by atoms with Gasteiger partial charge in [0, 0.05) is 17.0 Å². The number of halogens is 2. The van der Waals surface area contributed by atoms with Crippen LogP contribution in [0.5, 0.6) is 11.5 Å². The number of aryl methyl sites for hydroxylation is 1. The van der Waals surface area contributed by atoms with Gasteiger partial charge in [-0.1, -0.05) is 22.0 Å². The first-order valence-electron chi connectivity index (χ1n) is 5.78. The van der Waals surface area contributed by atoms with Gasteiger partial charge in [0.25, 0.3) is 0 Å². The molecule has 0 unspecified atom stereocenters. The molecule has 4 nitrogen and oxygen atoms in total. The molecule has 6 heteroatoms. The highest BCUT2D eigenvalue weighted by molar-refractivity contribution is 9.08. The van der Waals surface area contributed by atoms with Gasteiger partial charge >= 0.3 is 5.69 Å². The van der Waals surface area contributed by atoms with E-state index in [1.54, 1.807) is 12.1 Å². The van der Waals surface area contributed by atoms with Crippen molar-refractivity contribution >= 4 is 21.6 Å². The monoisotopic (exact) mass is 339 g/mol. The van der Waals surface area contributed by atoms with Gasteiger partial charge in [0.15, 0.2) is 0 Å². The summed E-state index contributed by atoms with van der Waals surface area (Å²) in [7, 11) is 0. The number of rotatable bonds is 4. The zero-order chi connectivity index (χ0) is 14.7. The second-order valence-electron chi connectivity index (χ2n) is 4.22. The van der Waals surface area contributed by atoms with Crippen molar-refractivity contribution in [3.63, 3.8) is 0 Å². The molecule has 2 rings (SSSR count). The number of ether oxygens (including phenoxy) is 1. The predicted octanol–water partition coefficient (Wildman–Crippen LogP) is 4.73. The molecule has 0 fully saturated rings. The number of nitrogens with zero attached hydrogens (tertiary/aromatic N) is 1. The van der Waals surface area contributed by atoms with Crippen LogP contribution >= 0.6 is 15.9 Å². The molecule has 2 aromatic rings. The van der Waals surface area contributed by atoms with Crippen LogP contribution in [0.1, 0.15) is 11.1 Å². The molecule has 0 amide bonds. The molecule has 0 N–H and O–H groups in total. The van der Waals surface area contributed by atoms with E-state index in [4.69, 9.17) is 4.74 Å². The van der Waals surface area contributed by atoms with E-state index in [1.165, 1.54) is 24.3 Å². The molecule has 0 saturated carbocycles. The number of hydrogen-bond donors (Lipinski definition) is 0. The Balaban J connectivity index is 2.44. The zero-order valence-corrected chi connectivity index (χ0v) is 12.2. The molecule has 0 bridgehead atoms. The van der Waals surface area contributed by atoms with Crippen LogP contribution in [-0.2, 0) is 5.33 Å².